The molecule has 0 saturated heterocycles. The molecule has 1 aromatic heterocycles. The van der Waals surface area contributed by atoms with Crippen LogP contribution in [0.4, 0.5) is 0 Å². The van der Waals surface area contributed by atoms with Gasteiger partial charge in [-0.3, -0.25) is 0 Å². The molecule has 1 unspecified atom stereocenters. The summed E-state index contributed by atoms with van der Waals surface area (Å²) in [6.07, 6.45) is 1.72. The van der Waals surface area contributed by atoms with E-state index in [2.05, 4.69) is 56.5 Å². The van der Waals surface area contributed by atoms with Gasteiger partial charge in [0.1, 0.15) is 0 Å². The van der Waals surface area contributed by atoms with Gasteiger partial charge in [0.15, 0.2) is 0 Å². The van der Waals surface area contributed by atoms with Gasteiger partial charge >= 0.3 is 0 Å². The fourth-order valence-corrected chi connectivity index (χ4v) is 3.18. The van der Waals surface area contributed by atoms with Crippen molar-refractivity contribution in [3.63, 3.8) is 0 Å². The van der Waals surface area contributed by atoms with Gasteiger partial charge < -0.3 is 9.84 Å². The third-order valence-electron chi connectivity index (χ3n) is 3.89. The van der Waals surface area contributed by atoms with Gasteiger partial charge in [-0.05, 0) is 31.5 Å². The van der Waals surface area contributed by atoms with Gasteiger partial charge in [-0.25, -0.2) is 0 Å². The molecule has 0 aliphatic carbocycles. The fourth-order valence-electron chi connectivity index (χ4n) is 2.56. The monoisotopic (exact) mass is 385 g/mol. The van der Waals surface area contributed by atoms with Crippen LogP contribution in [0, 0.1) is 0 Å². The highest BCUT2D eigenvalue weighted by Gasteiger charge is 2.10. The molecule has 0 radical (unpaired) electrons. The maximum Gasteiger partial charge on any atom is 0.227 e. The lowest BCUT2D eigenvalue weighted by Crippen LogP contribution is -2.20. The SMILES string of the molecule is CC(NCCCc1nc(-c2ccccc2)no1)c1ccccc1Br. The number of hydrogen-bond acceptors (Lipinski definition) is 4. The normalized spacial score (nSPS) is 12.2. The van der Waals surface area contributed by atoms with Crippen LogP contribution in [0.5, 0.6) is 0 Å². The zero-order valence-corrected chi connectivity index (χ0v) is 15.2. The van der Waals surface area contributed by atoms with E-state index in [1.165, 1.54) is 5.56 Å². The van der Waals surface area contributed by atoms with Gasteiger partial charge in [-0.15, -0.1) is 0 Å². The topological polar surface area (TPSA) is 51.0 Å². The molecular weight excluding hydrogens is 366 g/mol. The van der Waals surface area contributed by atoms with Crippen LogP contribution in [-0.2, 0) is 6.42 Å². The van der Waals surface area contributed by atoms with E-state index in [0.717, 1.165) is 29.4 Å². The maximum atomic E-state index is 5.33. The summed E-state index contributed by atoms with van der Waals surface area (Å²) < 4.78 is 6.47. The molecule has 0 fully saturated rings. The third-order valence-corrected chi connectivity index (χ3v) is 4.61. The molecule has 24 heavy (non-hydrogen) atoms. The van der Waals surface area contributed by atoms with Crippen LogP contribution in [0.15, 0.2) is 63.6 Å². The summed E-state index contributed by atoms with van der Waals surface area (Å²) in [5.74, 6) is 1.34. The molecule has 4 nitrogen and oxygen atoms in total. The summed E-state index contributed by atoms with van der Waals surface area (Å²) in [5.41, 5.74) is 2.25. The highest BCUT2D eigenvalue weighted by atomic mass is 79.9. The smallest absolute Gasteiger partial charge is 0.227 e. The molecule has 0 aliphatic heterocycles. The molecule has 5 heteroatoms. The van der Waals surface area contributed by atoms with Gasteiger partial charge in [0, 0.05) is 22.5 Å². The lowest BCUT2D eigenvalue weighted by atomic mass is 10.1. The van der Waals surface area contributed by atoms with Crippen LogP contribution in [0.3, 0.4) is 0 Å². The van der Waals surface area contributed by atoms with Crippen molar-refractivity contribution in [1.82, 2.24) is 15.5 Å². The molecule has 0 bridgehead atoms. The zero-order valence-electron chi connectivity index (χ0n) is 13.6. The highest BCUT2D eigenvalue weighted by molar-refractivity contribution is 9.10. The highest BCUT2D eigenvalue weighted by Crippen LogP contribution is 2.22. The van der Waals surface area contributed by atoms with Gasteiger partial charge in [-0.2, -0.15) is 4.98 Å². The van der Waals surface area contributed by atoms with Crippen LogP contribution in [0.25, 0.3) is 11.4 Å². The van der Waals surface area contributed by atoms with E-state index >= 15 is 0 Å². The summed E-state index contributed by atoms with van der Waals surface area (Å²) in [5, 5.41) is 7.58. The van der Waals surface area contributed by atoms with E-state index in [0.29, 0.717) is 17.8 Å². The molecule has 1 heterocycles. The van der Waals surface area contributed by atoms with Crippen molar-refractivity contribution in [1.29, 1.82) is 0 Å². The molecular formula is C19H20BrN3O. The summed E-state index contributed by atoms with van der Waals surface area (Å²) >= 11 is 3.59. The lowest BCUT2D eigenvalue weighted by Gasteiger charge is -2.15. The second-order valence-electron chi connectivity index (χ2n) is 5.68. The number of rotatable bonds is 7. The summed E-state index contributed by atoms with van der Waals surface area (Å²) in [6, 6.07) is 18.5. The van der Waals surface area contributed by atoms with Crippen LogP contribution >= 0.6 is 15.9 Å². The summed E-state index contributed by atoms with van der Waals surface area (Å²) in [4.78, 5) is 4.46. The zero-order chi connectivity index (χ0) is 16.8. The molecule has 124 valence electrons. The van der Waals surface area contributed by atoms with Crippen molar-refractivity contribution in [2.24, 2.45) is 0 Å². The predicted molar refractivity (Wildman–Crippen MR) is 98.6 cm³/mol. The molecule has 1 N–H and O–H groups in total. The number of aryl methyl sites for hydroxylation is 1. The summed E-state index contributed by atoms with van der Waals surface area (Å²) in [6.45, 7) is 3.06. The van der Waals surface area contributed by atoms with E-state index in [1.54, 1.807) is 0 Å². The summed E-state index contributed by atoms with van der Waals surface area (Å²) in [7, 11) is 0. The fraction of sp³-hybridized carbons (Fsp3) is 0.263. The average Bonchev–Trinajstić information content (AvgIpc) is 3.09. The quantitative estimate of drug-likeness (QED) is 0.594. The number of nitrogens with zero attached hydrogens (tertiary/aromatic N) is 2. The minimum atomic E-state index is 0.295. The Morgan fingerprint density at radius 3 is 2.62 bits per heavy atom. The van der Waals surface area contributed by atoms with Crippen LogP contribution in [0.2, 0.25) is 0 Å². The Morgan fingerprint density at radius 2 is 1.83 bits per heavy atom. The second kappa shape index (κ2) is 8.22. The number of hydrogen-bond donors (Lipinski definition) is 1. The van der Waals surface area contributed by atoms with Crippen molar-refractivity contribution in [2.45, 2.75) is 25.8 Å². The van der Waals surface area contributed by atoms with Crippen molar-refractivity contribution >= 4 is 15.9 Å². The number of benzene rings is 2. The number of nitrogens with one attached hydrogen (secondary N) is 1. The Kier molecular flexibility index (Phi) is 5.77. The first-order chi connectivity index (χ1) is 11.7. The van der Waals surface area contributed by atoms with Gasteiger partial charge in [0.05, 0.1) is 0 Å². The molecule has 0 saturated carbocycles. The first-order valence-electron chi connectivity index (χ1n) is 8.10. The largest absolute Gasteiger partial charge is 0.339 e. The van der Waals surface area contributed by atoms with Crippen molar-refractivity contribution in [3.05, 3.63) is 70.5 Å². The maximum absolute atomic E-state index is 5.33. The molecule has 0 amide bonds. The Balaban J connectivity index is 1.47. The Morgan fingerprint density at radius 1 is 1.08 bits per heavy atom. The first-order valence-corrected chi connectivity index (χ1v) is 8.89. The van der Waals surface area contributed by atoms with Crippen LogP contribution in [0.1, 0.15) is 30.8 Å². The van der Waals surface area contributed by atoms with E-state index in [1.807, 2.05) is 36.4 Å². The first kappa shape index (κ1) is 16.9. The average molecular weight is 386 g/mol. The molecule has 1 atom stereocenters. The van der Waals surface area contributed by atoms with Crippen molar-refractivity contribution in [2.75, 3.05) is 6.54 Å². The standard InChI is InChI=1S/C19H20BrN3O/c1-14(16-10-5-6-11-17(16)20)21-13-7-12-18-22-19(23-24-18)15-8-3-2-4-9-15/h2-6,8-11,14,21H,7,12-13H2,1H3. The van der Waals surface area contributed by atoms with Gasteiger partial charge in [0.25, 0.3) is 0 Å². The van der Waals surface area contributed by atoms with E-state index in [-0.39, 0.29) is 0 Å². The van der Waals surface area contributed by atoms with Crippen LogP contribution in [-0.4, -0.2) is 16.7 Å². The third kappa shape index (κ3) is 4.30. The lowest BCUT2D eigenvalue weighted by molar-refractivity contribution is 0.373. The van der Waals surface area contributed by atoms with E-state index in [4.69, 9.17) is 4.52 Å². The van der Waals surface area contributed by atoms with Gasteiger partial charge in [-0.1, -0.05) is 69.6 Å². The minimum Gasteiger partial charge on any atom is -0.339 e. The van der Waals surface area contributed by atoms with Crippen molar-refractivity contribution in [3.8, 4) is 11.4 Å². The Bertz CT molecular complexity index is 773. The van der Waals surface area contributed by atoms with E-state index in [9.17, 15) is 0 Å². The number of aromatic nitrogens is 2. The van der Waals surface area contributed by atoms with Crippen molar-refractivity contribution < 1.29 is 4.52 Å². The van der Waals surface area contributed by atoms with Gasteiger partial charge in [0.2, 0.25) is 11.7 Å². The number of halogens is 1. The molecule has 0 aliphatic rings. The molecule has 0 spiro atoms. The second-order valence-corrected chi connectivity index (χ2v) is 6.53. The molecule has 3 aromatic rings. The van der Waals surface area contributed by atoms with E-state index < -0.39 is 0 Å². The minimum absolute atomic E-state index is 0.295. The predicted octanol–water partition coefficient (Wildman–Crippen LogP) is 4.78. The molecule has 2 aromatic carbocycles. The Labute approximate surface area is 150 Å². The van der Waals surface area contributed by atoms with Crippen LogP contribution < -0.4 is 5.32 Å². The molecule has 3 rings (SSSR count). The Hall–Kier alpha value is -1.98.